The smallest absolute Gasteiger partial charge is 0.191 e. The zero-order chi connectivity index (χ0) is 21.7. The van der Waals surface area contributed by atoms with Gasteiger partial charge in [-0.2, -0.15) is 5.10 Å². The number of halogens is 2. The Labute approximate surface area is 201 Å². The number of rotatable bonds is 6. The molecule has 0 amide bonds. The highest BCUT2D eigenvalue weighted by Gasteiger charge is 2.21. The maximum absolute atomic E-state index is 13.9. The number of benzene rings is 1. The molecule has 7 nitrogen and oxygen atoms in total. The maximum Gasteiger partial charge on any atom is 0.191 e. The van der Waals surface area contributed by atoms with Crippen LogP contribution in [-0.2, 0) is 20.1 Å². The average Bonchev–Trinajstić information content (AvgIpc) is 2.98. The Kier molecular flexibility index (Phi) is 9.54. The van der Waals surface area contributed by atoms with Crippen LogP contribution >= 0.6 is 24.0 Å². The minimum Gasteiger partial charge on any atom is -0.494 e. The van der Waals surface area contributed by atoms with Crippen molar-refractivity contribution in [2.24, 2.45) is 12.0 Å². The number of guanidine groups is 1. The summed E-state index contributed by atoms with van der Waals surface area (Å²) in [5.41, 5.74) is 4.39. The summed E-state index contributed by atoms with van der Waals surface area (Å²) < 4.78 is 20.8. The molecule has 0 aliphatic carbocycles. The topological polar surface area (TPSA) is 66.7 Å². The third-order valence-corrected chi connectivity index (χ3v) is 5.87. The molecule has 2 aromatic rings. The van der Waals surface area contributed by atoms with Crippen LogP contribution in [0, 0.1) is 19.7 Å². The number of aromatic nitrogens is 2. The fraction of sp³-hybridized carbons (Fsp3) is 0.545. The van der Waals surface area contributed by atoms with Crippen molar-refractivity contribution in [3.8, 4) is 5.75 Å². The lowest BCUT2D eigenvalue weighted by molar-refractivity contribution is 0.198. The van der Waals surface area contributed by atoms with E-state index in [-0.39, 0.29) is 35.5 Å². The Morgan fingerprint density at radius 3 is 2.55 bits per heavy atom. The molecule has 31 heavy (non-hydrogen) atoms. The number of hydrogen-bond acceptors (Lipinski definition) is 4. The van der Waals surface area contributed by atoms with Crippen molar-refractivity contribution >= 4 is 29.9 Å². The van der Waals surface area contributed by atoms with Crippen molar-refractivity contribution in [1.29, 1.82) is 0 Å². The second kappa shape index (κ2) is 11.7. The van der Waals surface area contributed by atoms with Gasteiger partial charge in [-0.3, -0.25) is 14.6 Å². The molecule has 1 aliphatic rings. The van der Waals surface area contributed by atoms with Gasteiger partial charge in [0.1, 0.15) is 0 Å². The number of aryl methyl sites for hydroxylation is 2. The summed E-state index contributed by atoms with van der Waals surface area (Å²) in [6.07, 6.45) is 2.04. The van der Waals surface area contributed by atoms with E-state index in [2.05, 4.69) is 32.5 Å². The summed E-state index contributed by atoms with van der Waals surface area (Å²) in [6.45, 7) is 7.49. The van der Waals surface area contributed by atoms with E-state index >= 15 is 0 Å². The molecule has 0 bridgehead atoms. The summed E-state index contributed by atoms with van der Waals surface area (Å²) in [6, 6.07) is 5.56. The van der Waals surface area contributed by atoms with Gasteiger partial charge in [-0.25, -0.2) is 4.39 Å². The molecule has 172 valence electrons. The molecule has 2 N–H and O–H groups in total. The van der Waals surface area contributed by atoms with Crippen LogP contribution in [0.2, 0.25) is 0 Å². The molecule has 1 aromatic carbocycles. The van der Waals surface area contributed by atoms with Gasteiger partial charge >= 0.3 is 0 Å². The van der Waals surface area contributed by atoms with Gasteiger partial charge < -0.3 is 15.4 Å². The van der Waals surface area contributed by atoms with Crippen molar-refractivity contribution in [2.75, 3.05) is 27.2 Å². The zero-order valence-electron chi connectivity index (χ0n) is 19.0. The van der Waals surface area contributed by atoms with E-state index < -0.39 is 0 Å². The number of nitrogens with one attached hydrogen (secondary N) is 2. The van der Waals surface area contributed by atoms with Gasteiger partial charge in [0.15, 0.2) is 17.5 Å². The van der Waals surface area contributed by atoms with Crippen molar-refractivity contribution in [2.45, 2.75) is 45.8 Å². The Morgan fingerprint density at radius 2 is 2.00 bits per heavy atom. The largest absolute Gasteiger partial charge is 0.494 e. The highest BCUT2D eigenvalue weighted by molar-refractivity contribution is 14.0. The Morgan fingerprint density at radius 1 is 1.29 bits per heavy atom. The molecule has 0 atom stereocenters. The predicted molar refractivity (Wildman–Crippen MR) is 133 cm³/mol. The van der Waals surface area contributed by atoms with E-state index in [0.29, 0.717) is 12.6 Å². The lowest BCUT2D eigenvalue weighted by Crippen LogP contribution is -2.48. The third kappa shape index (κ3) is 6.55. The normalized spacial score (nSPS) is 15.5. The van der Waals surface area contributed by atoms with Gasteiger partial charge in [0, 0.05) is 57.6 Å². The van der Waals surface area contributed by atoms with Crippen LogP contribution in [0.4, 0.5) is 4.39 Å². The van der Waals surface area contributed by atoms with Crippen LogP contribution in [0.5, 0.6) is 5.75 Å². The summed E-state index contributed by atoms with van der Waals surface area (Å²) in [5, 5.41) is 11.4. The summed E-state index contributed by atoms with van der Waals surface area (Å²) >= 11 is 0. The first kappa shape index (κ1) is 25.4. The van der Waals surface area contributed by atoms with Crippen molar-refractivity contribution < 1.29 is 9.13 Å². The van der Waals surface area contributed by atoms with Gasteiger partial charge in [-0.15, -0.1) is 24.0 Å². The standard InChI is InChI=1S/C22H33FN6O.HI/c1-15-19(16(2)28(4)27-15)13-25-22(24-3)26-18-8-10-29(11-9-18)14-17-6-7-21(30-5)20(23)12-17;/h6-7,12,18H,8-11,13-14H2,1-5H3,(H2,24,25,26);1H. The first-order chi connectivity index (χ1) is 14.4. The van der Waals surface area contributed by atoms with Crippen molar-refractivity contribution in [3.63, 3.8) is 0 Å². The fourth-order valence-electron chi connectivity index (χ4n) is 3.94. The van der Waals surface area contributed by atoms with E-state index in [1.54, 1.807) is 19.2 Å². The Bertz CT molecular complexity index is 892. The molecular weight excluding hydrogens is 510 g/mol. The number of ether oxygens (including phenoxy) is 1. The number of aliphatic imine (C=N–C) groups is 1. The van der Waals surface area contributed by atoms with Gasteiger partial charge in [0.25, 0.3) is 0 Å². The van der Waals surface area contributed by atoms with Crippen LogP contribution in [-0.4, -0.2) is 53.9 Å². The number of methoxy groups -OCH3 is 1. The minimum absolute atomic E-state index is 0. The minimum atomic E-state index is -0.305. The van der Waals surface area contributed by atoms with E-state index in [9.17, 15) is 4.39 Å². The third-order valence-electron chi connectivity index (χ3n) is 5.87. The summed E-state index contributed by atoms with van der Waals surface area (Å²) in [4.78, 5) is 6.74. The molecule has 2 heterocycles. The SMILES string of the molecule is CN=C(NCc1c(C)nn(C)c1C)NC1CCN(Cc2ccc(OC)c(F)c2)CC1.I. The molecule has 0 unspecified atom stereocenters. The molecule has 0 radical (unpaired) electrons. The Balaban J connectivity index is 0.00000341. The molecule has 3 rings (SSSR count). The summed E-state index contributed by atoms with van der Waals surface area (Å²) in [5.74, 6) is 0.797. The van der Waals surface area contributed by atoms with Crippen molar-refractivity contribution in [1.82, 2.24) is 25.3 Å². The number of likely N-dealkylation sites (tertiary alicyclic amines) is 1. The highest BCUT2D eigenvalue weighted by Crippen LogP contribution is 2.20. The van der Waals surface area contributed by atoms with Gasteiger partial charge in [-0.05, 0) is 44.4 Å². The maximum atomic E-state index is 13.9. The van der Waals surface area contributed by atoms with Crippen LogP contribution in [0.3, 0.4) is 0 Å². The highest BCUT2D eigenvalue weighted by atomic mass is 127. The molecule has 1 aromatic heterocycles. The van der Waals surface area contributed by atoms with Crippen LogP contribution in [0.25, 0.3) is 0 Å². The average molecular weight is 544 g/mol. The van der Waals surface area contributed by atoms with Gasteiger partial charge in [0.2, 0.25) is 0 Å². The summed E-state index contributed by atoms with van der Waals surface area (Å²) in [7, 11) is 5.25. The van der Waals surface area contributed by atoms with E-state index in [4.69, 9.17) is 4.74 Å². The molecular formula is C22H34FIN6O. The molecule has 1 fully saturated rings. The van der Waals surface area contributed by atoms with E-state index in [1.807, 2.05) is 24.7 Å². The monoisotopic (exact) mass is 544 g/mol. The molecule has 0 saturated carbocycles. The number of nitrogens with zero attached hydrogens (tertiary/aromatic N) is 4. The molecule has 1 saturated heterocycles. The molecule has 9 heteroatoms. The number of piperidine rings is 1. The van der Waals surface area contributed by atoms with Crippen molar-refractivity contribution in [3.05, 3.63) is 46.5 Å². The van der Waals surface area contributed by atoms with Gasteiger partial charge in [-0.1, -0.05) is 6.07 Å². The van der Waals surface area contributed by atoms with Crippen LogP contribution < -0.4 is 15.4 Å². The van der Waals surface area contributed by atoms with E-state index in [1.165, 1.54) is 18.4 Å². The molecule has 1 aliphatic heterocycles. The lowest BCUT2D eigenvalue weighted by atomic mass is 10.0. The predicted octanol–water partition coefficient (Wildman–Crippen LogP) is 3.13. The second-order valence-corrected chi connectivity index (χ2v) is 7.86. The van der Waals surface area contributed by atoms with Crippen LogP contribution in [0.15, 0.2) is 23.2 Å². The van der Waals surface area contributed by atoms with E-state index in [0.717, 1.165) is 49.7 Å². The first-order valence-electron chi connectivity index (χ1n) is 10.4. The quantitative estimate of drug-likeness (QED) is 0.333. The Hall–Kier alpha value is -1.88. The fourth-order valence-corrected chi connectivity index (χ4v) is 3.94. The zero-order valence-corrected chi connectivity index (χ0v) is 21.4. The number of hydrogen-bond donors (Lipinski definition) is 2. The first-order valence-corrected chi connectivity index (χ1v) is 10.4. The second-order valence-electron chi connectivity index (χ2n) is 7.86. The lowest BCUT2D eigenvalue weighted by Gasteiger charge is -2.33. The van der Waals surface area contributed by atoms with Gasteiger partial charge in [0.05, 0.1) is 12.8 Å². The molecule has 0 spiro atoms. The van der Waals surface area contributed by atoms with Crippen LogP contribution in [0.1, 0.15) is 35.4 Å².